The minimum absolute atomic E-state index is 0.124. The molecule has 3 heteroatoms. The number of anilines is 1. The van der Waals surface area contributed by atoms with Crippen LogP contribution in [0, 0.1) is 11.2 Å². The summed E-state index contributed by atoms with van der Waals surface area (Å²) in [6.07, 6.45) is 9.60. The van der Waals surface area contributed by atoms with Crippen LogP contribution in [0.25, 0.3) is 0 Å². The van der Waals surface area contributed by atoms with Crippen molar-refractivity contribution in [1.29, 1.82) is 0 Å². The molecule has 1 atom stereocenters. The topological polar surface area (TPSA) is 29.3 Å². The first kappa shape index (κ1) is 14.8. The monoisotopic (exact) mass is 290 g/mol. The average molecular weight is 290 g/mol. The van der Waals surface area contributed by atoms with Gasteiger partial charge >= 0.3 is 0 Å². The quantitative estimate of drug-likeness (QED) is 0.875. The molecule has 2 nitrogen and oxygen atoms in total. The van der Waals surface area contributed by atoms with Gasteiger partial charge in [0, 0.05) is 24.8 Å². The third-order valence-electron chi connectivity index (χ3n) is 5.56. The van der Waals surface area contributed by atoms with Crippen LogP contribution in [-0.4, -0.2) is 13.1 Å². The van der Waals surface area contributed by atoms with Gasteiger partial charge in [-0.05, 0) is 61.8 Å². The summed E-state index contributed by atoms with van der Waals surface area (Å²) in [5.74, 6) is -0.188. The summed E-state index contributed by atoms with van der Waals surface area (Å²) in [4.78, 5) is 2.41. The van der Waals surface area contributed by atoms with E-state index >= 15 is 0 Å². The molecule has 2 fully saturated rings. The molecule has 2 aliphatic rings. The molecule has 0 bridgehead atoms. The van der Waals surface area contributed by atoms with Crippen LogP contribution in [0.3, 0.4) is 0 Å². The van der Waals surface area contributed by atoms with Crippen molar-refractivity contribution in [3.8, 4) is 0 Å². The fourth-order valence-electron chi connectivity index (χ4n) is 4.20. The molecule has 1 unspecified atom stereocenters. The number of halogens is 1. The summed E-state index contributed by atoms with van der Waals surface area (Å²) in [6.45, 7) is 4.11. The van der Waals surface area contributed by atoms with Crippen molar-refractivity contribution in [3.63, 3.8) is 0 Å². The summed E-state index contributed by atoms with van der Waals surface area (Å²) in [6, 6.07) is 4.95. The van der Waals surface area contributed by atoms with E-state index in [-0.39, 0.29) is 11.9 Å². The Kier molecular flexibility index (Phi) is 4.21. The average Bonchev–Trinajstić information content (AvgIpc) is 2.49. The van der Waals surface area contributed by atoms with Gasteiger partial charge in [0.1, 0.15) is 5.82 Å². The standard InChI is InChI=1S/C18H27FN2/c1-14(20)16-13-15(19)5-6-17(16)21-11-9-18(10-12-21)7-3-2-4-8-18/h5-6,13-14H,2-4,7-12,20H2,1H3. The van der Waals surface area contributed by atoms with Gasteiger partial charge in [0.2, 0.25) is 0 Å². The molecule has 1 saturated carbocycles. The van der Waals surface area contributed by atoms with Gasteiger partial charge in [0.05, 0.1) is 0 Å². The first-order valence-electron chi connectivity index (χ1n) is 8.40. The van der Waals surface area contributed by atoms with Crippen molar-refractivity contribution in [1.82, 2.24) is 0 Å². The van der Waals surface area contributed by atoms with E-state index in [1.165, 1.54) is 44.9 Å². The largest absolute Gasteiger partial charge is 0.371 e. The van der Waals surface area contributed by atoms with Crippen molar-refractivity contribution in [2.24, 2.45) is 11.1 Å². The second kappa shape index (κ2) is 5.96. The summed E-state index contributed by atoms with van der Waals surface area (Å²) in [5.41, 5.74) is 8.71. The van der Waals surface area contributed by atoms with Crippen LogP contribution < -0.4 is 10.6 Å². The van der Waals surface area contributed by atoms with Gasteiger partial charge in [-0.15, -0.1) is 0 Å². The summed E-state index contributed by atoms with van der Waals surface area (Å²) >= 11 is 0. The number of hydrogen-bond donors (Lipinski definition) is 1. The first-order valence-corrected chi connectivity index (χ1v) is 8.40. The zero-order valence-corrected chi connectivity index (χ0v) is 13.1. The van der Waals surface area contributed by atoms with Gasteiger partial charge in [-0.2, -0.15) is 0 Å². The molecule has 1 aliphatic heterocycles. The number of nitrogens with zero attached hydrogens (tertiary/aromatic N) is 1. The maximum absolute atomic E-state index is 13.5. The lowest BCUT2D eigenvalue weighted by atomic mass is 9.68. The van der Waals surface area contributed by atoms with Crippen LogP contribution >= 0.6 is 0 Å². The second-order valence-corrected chi connectivity index (χ2v) is 7.04. The molecule has 21 heavy (non-hydrogen) atoms. The van der Waals surface area contributed by atoms with Crippen molar-refractivity contribution < 1.29 is 4.39 Å². The van der Waals surface area contributed by atoms with E-state index in [0.717, 1.165) is 24.3 Å². The third-order valence-corrected chi connectivity index (χ3v) is 5.56. The Labute approximate surface area is 127 Å². The van der Waals surface area contributed by atoms with Crippen LogP contribution in [-0.2, 0) is 0 Å². The number of rotatable bonds is 2. The molecular formula is C18H27FN2. The summed E-state index contributed by atoms with van der Waals surface area (Å²) in [7, 11) is 0. The predicted molar refractivity (Wildman–Crippen MR) is 86.0 cm³/mol. The molecule has 3 rings (SSSR count). The summed E-state index contributed by atoms with van der Waals surface area (Å²) in [5, 5.41) is 0. The third kappa shape index (κ3) is 3.08. The Hall–Kier alpha value is -1.09. The number of piperidine rings is 1. The lowest BCUT2D eigenvalue weighted by Gasteiger charge is -2.45. The zero-order chi connectivity index (χ0) is 14.9. The highest BCUT2D eigenvalue weighted by atomic mass is 19.1. The lowest BCUT2D eigenvalue weighted by Crippen LogP contribution is -2.41. The number of benzene rings is 1. The molecule has 0 amide bonds. The maximum Gasteiger partial charge on any atom is 0.123 e. The number of nitrogens with two attached hydrogens (primary N) is 1. The number of hydrogen-bond acceptors (Lipinski definition) is 2. The fourth-order valence-corrected chi connectivity index (χ4v) is 4.20. The van der Waals surface area contributed by atoms with Crippen molar-refractivity contribution in [2.45, 2.75) is 57.9 Å². The normalized spacial score (nSPS) is 23.3. The molecule has 0 aromatic heterocycles. The van der Waals surface area contributed by atoms with Gasteiger partial charge in [-0.1, -0.05) is 19.3 Å². The van der Waals surface area contributed by atoms with Crippen LogP contribution in [0.2, 0.25) is 0 Å². The molecule has 1 aromatic carbocycles. The van der Waals surface area contributed by atoms with Gasteiger partial charge in [-0.3, -0.25) is 0 Å². The molecule has 1 aromatic rings. The highest BCUT2D eigenvalue weighted by Gasteiger charge is 2.35. The van der Waals surface area contributed by atoms with E-state index in [2.05, 4.69) is 4.90 Å². The Morgan fingerprint density at radius 1 is 1.10 bits per heavy atom. The van der Waals surface area contributed by atoms with Gasteiger partial charge in [0.15, 0.2) is 0 Å². The highest BCUT2D eigenvalue weighted by molar-refractivity contribution is 5.55. The van der Waals surface area contributed by atoms with Crippen LogP contribution in [0.1, 0.15) is 63.5 Å². The van der Waals surface area contributed by atoms with Gasteiger partial charge < -0.3 is 10.6 Å². The Morgan fingerprint density at radius 3 is 2.38 bits per heavy atom. The van der Waals surface area contributed by atoms with Gasteiger partial charge in [0.25, 0.3) is 0 Å². The van der Waals surface area contributed by atoms with E-state index in [9.17, 15) is 4.39 Å². The maximum atomic E-state index is 13.5. The Balaban J connectivity index is 1.75. The van der Waals surface area contributed by atoms with Gasteiger partial charge in [-0.25, -0.2) is 4.39 Å². The molecular weight excluding hydrogens is 263 g/mol. The molecule has 1 heterocycles. The van der Waals surface area contributed by atoms with Crippen molar-refractivity contribution in [3.05, 3.63) is 29.6 Å². The van der Waals surface area contributed by atoms with Crippen molar-refractivity contribution in [2.75, 3.05) is 18.0 Å². The molecule has 1 saturated heterocycles. The lowest BCUT2D eigenvalue weighted by molar-refractivity contribution is 0.144. The fraction of sp³-hybridized carbons (Fsp3) is 0.667. The van der Waals surface area contributed by atoms with Crippen LogP contribution in [0.15, 0.2) is 18.2 Å². The second-order valence-electron chi connectivity index (χ2n) is 7.04. The van der Waals surface area contributed by atoms with E-state index in [0.29, 0.717) is 5.41 Å². The molecule has 0 radical (unpaired) electrons. The van der Waals surface area contributed by atoms with Crippen LogP contribution in [0.4, 0.5) is 10.1 Å². The zero-order valence-electron chi connectivity index (χ0n) is 13.1. The van der Waals surface area contributed by atoms with Crippen molar-refractivity contribution >= 4 is 5.69 Å². The predicted octanol–water partition coefficient (Wildman–Crippen LogP) is 4.40. The Morgan fingerprint density at radius 2 is 1.76 bits per heavy atom. The van der Waals surface area contributed by atoms with E-state index in [1.807, 2.05) is 13.0 Å². The molecule has 2 N–H and O–H groups in total. The molecule has 1 spiro atoms. The molecule has 1 aliphatic carbocycles. The minimum Gasteiger partial charge on any atom is -0.371 e. The van der Waals surface area contributed by atoms with Crippen LogP contribution in [0.5, 0.6) is 0 Å². The Bertz CT molecular complexity index is 482. The van der Waals surface area contributed by atoms with E-state index in [1.54, 1.807) is 12.1 Å². The van der Waals surface area contributed by atoms with E-state index < -0.39 is 0 Å². The first-order chi connectivity index (χ1) is 10.1. The highest BCUT2D eigenvalue weighted by Crippen LogP contribution is 2.45. The van der Waals surface area contributed by atoms with E-state index in [4.69, 9.17) is 5.73 Å². The smallest absolute Gasteiger partial charge is 0.123 e. The summed E-state index contributed by atoms with van der Waals surface area (Å²) < 4.78 is 13.5. The molecule has 116 valence electrons. The SMILES string of the molecule is CC(N)c1cc(F)ccc1N1CCC2(CCCCC2)CC1. The minimum atomic E-state index is -0.188.